The third kappa shape index (κ3) is 4.37. The van der Waals surface area contributed by atoms with E-state index >= 15 is 0 Å². The standard InChI is InChI=1S/C45H26N4OS/c1-2-11-29(12-3-1)49-36-17-7-4-13-30(36)31-23-21-28(26-37(31)49)44-46-43(27-22-24-39-35(25-27)32-14-5-8-18-38(32)50-39)47-45(48-44)34-16-10-20-41-42(34)33-15-6-9-19-40(33)51-41/h1-26H. The van der Waals surface area contributed by atoms with Gasteiger partial charge in [-0.2, -0.15) is 0 Å². The van der Waals surface area contributed by atoms with Crippen LogP contribution >= 0.6 is 11.3 Å². The molecule has 5 nitrogen and oxygen atoms in total. The van der Waals surface area contributed by atoms with Gasteiger partial charge < -0.3 is 8.98 Å². The summed E-state index contributed by atoms with van der Waals surface area (Å²) in [7, 11) is 0. The fourth-order valence-electron chi connectivity index (χ4n) is 7.55. The molecule has 0 atom stereocenters. The van der Waals surface area contributed by atoms with Crippen LogP contribution in [0.5, 0.6) is 0 Å². The second kappa shape index (κ2) is 10.9. The zero-order chi connectivity index (χ0) is 33.5. The van der Waals surface area contributed by atoms with Gasteiger partial charge in [-0.15, -0.1) is 11.3 Å². The number of furan rings is 1. The molecule has 0 radical (unpaired) electrons. The highest BCUT2D eigenvalue weighted by Gasteiger charge is 2.19. The molecule has 0 fully saturated rings. The average molecular weight is 671 g/mol. The minimum absolute atomic E-state index is 0.613. The fourth-order valence-corrected chi connectivity index (χ4v) is 8.68. The van der Waals surface area contributed by atoms with E-state index in [0.717, 1.165) is 60.7 Å². The SMILES string of the molecule is c1ccc(-n2c3ccccc3c3ccc(-c4nc(-c5ccc6oc7ccccc7c6c5)nc(-c5cccc6sc7ccccc7c56)n4)cc32)cc1. The average Bonchev–Trinajstić information content (AvgIpc) is 3.87. The number of thiophene rings is 1. The molecule has 0 amide bonds. The van der Waals surface area contributed by atoms with Gasteiger partial charge in [0.05, 0.1) is 11.0 Å². The van der Waals surface area contributed by atoms with Crippen molar-refractivity contribution < 1.29 is 4.42 Å². The molecule has 51 heavy (non-hydrogen) atoms. The third-order valence-corrected chi connectivity index (χ3v) is 11.0. The molecule has 4 aromatic heterocycles. The number of aromatic nitrogens is 4. The van der Waals surface area contributed by atoms with Crippen LogP contribution in [0.4, 0.5) is 0 Å². The van der Waals surface area contributed by atoms with Gasteiger partial charge >= 0.3 is 0 Å². The lowest BCUT2D eigenvalue weighted by atomic mass is 10.0. The highest BCUT2D eigenvalue weighted by Crippen LogP contribution is 2.41. The maximum absolute atomic E-state index is 6.17. The van der Waals surface area contributed by atoms with Gasteiger partial charge in [0.25, 0.3) is 0 Å². The van der Waals surface area contributed by atoms with Crippen LogP contribution in [0.15, 0.2) is 162 Å². The lowest BCUT2D eigenvalue weighted by Crippen LogP contribution is -2.01. The van der Waals surface area contributed by atoms with Crippen molar-refractivity contribution >= 4 is 75.3 Å². The van der Waals surface area contributed by atoms with Gasteiger partial charge in [0, 0.05) is 64.1 Å². The molecule has 11 rings (SSSR count). The van der Waals surface area contributed by atoms with Gasteiger partial charge in [-0.25, -0.2) is 15.0 Å². The molecule has 238 valence electrons. The minimum Gasteiger partial charge on any atom is -0.456 e. The van der Waals surface area contributed by atoms with Crippen molar-refractivity contribution in [2.45, 2.75) is 0 Å². The molecular formula is C45H26N4OS. The second-order valence-corrected chi connectivity index (χ2v) is 13.9. The zero-order valence-electron chi connectivity index (χ0n) is 27.1. The smallest absolute Gasteiger partial charge is 0.164 e. The van der Waals surface area contributed by atoms with E-state index in [1.165, 1.54) is 25.6 Å². The molecule has 0 saturated carbocycles. The molecule has 0 aliphatic rings. The summed E-state index contributed by atoms with van der Waals surface area (Å²) in [5.41, 5.74) is 7.87. The summed E-state index contributed by atoms with van der Waals surface area (Å²) in [6, 6.07) is 55.0. The van der Waals surface area contributed by atoms with Crippen molar-refractivity contribution in [1.82, 2.24) is 19.5 Å². The van der Waals surface area contributed by atoms with Gasteiger partial charge in [-0.3, -0.25) is 0 Å². The van der Waals surface area contributed by atoms with Gasteiger partial charge in [0.15, 0.2) is 17.5 Å². The molecule has 0 aliphatic heterocycles. The minimum atomic E-state index is 0.613. The Bertz CT molecular complexity index is 3150. The number of hydrogen-bond donors (Lipinski definition) is 0. The summed E-state index contributed by atoms with van der Waals surface area (Å²) in [5.74, 6) is 1.88. The number of nitrogens with zero attached hydrogens (tertiary/aromatic N) is 4. The first-order chi connectivity index (χ1) is 25.3. The van der Waals surface area contributed by atoms with Crippen LogP contribution in [0.2, 0.25) is 0 Å². The molecule has 6 heteroatoms. The van der Waals surface area contributed by atoms with Crippen molar-refractivity contribution in [2.24, 2.45) is 0 Å². The van der Waals surface area contributed by atoms with Crippen LogP contribution in [0.1, 0.15) is 0 Å². The summed E-state index contributed by atoms with van der Waals surface area (Å²) < 4.78 is 10.9. The van der Waals surface area contributed by atoms with E-state index in [1.54, 1.807) is 11.3 Å². The van der Waals surface area contributed by atoms with E-state index in [0.29, 0.717) is 17.5 Å². The first kappa shape index (κ1) is 28.2. The van der Waals surface area contributed by atoms with Gasteiger partial charge in [0.1, 0.15) is 11.2 Å². The Hall–Kier alpha value is -6.63. The molecule has 4 heterocycles. The number of benzene rings is 7. The quantitative estimate of drug-likeness (QED) is 0.187. The van der Waals surface area contributed by atoms with Crippen LogP contribution in [0, 0.1) is 0 Å². The van der Waals surface area contributed by atoms with E-state index in [1.807, 2.05) is 30.3 Å². The number of rotatable bonds is 4. The largest absolute Gasteiger partial charge is 0.456 e. The van der Waals surface area contributed by atoms with E-state index < -0.39 is 0 Å². The Morgan fingerprint density at radius 2 is 1.08 bits per heavy atom. The molecule has 11 aromatic rings. The van der Waals surface area contributed by atoms with E-state index in [9.17, 15) is 0 Å². The number of fused-ring (bicyclic) bond motifs is 9. The van der Waals surface area contributed by atoms with Crippen LogP contribution in [0.25, 0.3) is 104 Å². The molecule has 0 spiro atoms. The van der Waals surface area contributed by atoms with Crippen LogP contribution < -0.4 is 0 Å². The summed E-state index contributed by atoms with van der Waals surface area (Å²) in [6.07, 6.45) is 0. The summed E-state index contributed by atoms with van der Waals surface area (Å²) >= 11 is 1.79. The summed E-state index contributed by atoms with van der Waals surface area (Å²) in [5, 5.41) is 6.86. The Kier molecular flexibility index (Phi) is 6.05. The van der Waals surface area contributed by atoms with Crippen molar-refractivity contribution in [2.75, 3.05) is 0 Å². The second-order valence-electron chi connectivity index (χ2n) is 12.8. The van der Waals surface area contributed by atoms with Gasteiger partial charge in [0.2, 0.25) is 0 Å². The molecule has 0 saturated heterocycles. The lowest BCUT2D eigenvalue weighted by molar-refractivity contribution is 0.669. The van der Waals surface area contributed by atoms with Crippen molar-refractivity contribution in [3.05, 3.63) is 158 Å². The van der Waals surface area contributed by atoms with Crippen LogP contribution in [0.3, 0.4) is 0 Å². The Balaban J connectivity index is 1.19. The van der Waals surface area contributed by atoms with Crippen molar-refractivity contribution in [3.8, 4) is 39.9 Å². The molecule has 0 aliphatic carbocycles. The number of para-hydroxylation sites is 3. The third-order valence-electron chi connectivity index (χ3n) is 9.86. The molecular weight excluding hydrogens is 645 g/mol. The topological polar surface area (TPSA) is 56.7 Å². The predicted octanol–water partition coefficient (Wildman–Crippen LogP) is 12.2. The van der Waals surface area contributed by atoms with Crippen molar-refractivity contribution in [1.29, 1.82) is 0 Å². The Morgan fingerprint density at radius 3 is 1.96 bits per heavy atom. The molecule has 0 unspecified atom stereocenters. The van der Waals surface area contributed by atoms with E-state index in [4.69, 9.17) is 19.4 Å². The fraction of sp³-hybridized carbons (Fsp3) is 0. The van der Waals surface area contributed by atoms with Crippen molar-refractivity contribution in [3.63, 3.8) is 0 Å². The monoisotopic (exact) mass is 670 g/mol. The zero-order valence-corrected chi connectivity index (χ0v) is 27.9. The molecule has 0 N–H and O–H groups in total. The van der Waals surface area contributed by atoms with Gasteiger partial charge in [-0.1, -0.05) is 97.1 Å². The Labute approximate surface area is 295 Å². The highest BCUT2D eigenvalue weighted by atomic mass is 32.1. The normalized spacial score (nSPS) is 11.9. The maximum Gasteiger partial charge on any atom is 0.164 e. The van der Waals surface area contributed by atoms with Crippen LogP contribution in [-0.4, -0.2) is 19.5 Å². The molecule has 0 bridgehead atoms. The summed E-state index contributed by atoms with van der Waals surface area (Å²) in [4.78, 5) is 15.7. The van der Waals surface area contributed by atoms with Crippen LogP contribution in [-0.2, 0) is 0 Å². The van der Waals surface area contributed by atoms with E-state index in [-0.39, 0.29) is 0 Å². The summed E-state index contributed by atoms with van der Waals surface area (Å²) in [6.45, 7) is 0. The Morgan fingerprint density at radius 1 is 0.431 bits per heavy atom. The molecule has 7 aromatic carbocycles. The lowest BCUT2D eigenvalue weighted by Gasteiger charge is -2.11. The first-order valence-electron chi connectivity index (χ1n) is 16.9. The maximum atomic E-state index is 6.17. The predicted molar refractivity (Wildman–Crippen MR) is 211 cm³/mol. The number of hydrogen-bond acceptors (Lipinski definition) is 5. The van der Waals surface area contributed by atoms with Gasteiger partial charge in [-0.05, 0) is 60.7 Å². The van der Waals surface area contributed by atoms with E-state index in [2.05, 4.69) is 132 Å². The highest BCUT2D eigenvalue weighted by molar-refractivity contribution is 7.25. The first-order valence-corrected chi connectivity index (χ1v) is 17.8.